The van der Waals surface area contributed by atoms with Gasteiger partial charge in [-0.1, -0.05) is 18.2 Å². The van der Waals surface area contributed by atoms with Gasteiger partial charge in [-0.2, -0.15) is 0 Å². The smallest absolute Gasteiger partial charge is 0.204 e. The molecule has 4 heteroatoms. The number of hydrogen-bond donors (Lipinski definition) is 0. The van der Waals surface area contributed by atoms with E-state index in [0.29, 0.717) is 16.9 Å². The molecule has 1 heterocycles. The van der Waals surface area contributed by atoms with Crippen LogP contribution in [0.15, 0.2) is 59.2 Å². The Labute approximate surface area is 114 Å². The molecule has 2 aromatic carbocycles. The van der Waals surface area contributed by atoms with Gasteiger partial charge in [-0.3, -0.25) is 4.79 Å². The van der Waals surface area contributed by atoms with Crippen LogP contribution in [0.2, 0.25) is 0 Å². The number of rotatable bonds is 4. The summed E-state index contributed by atoms with van der Waals surface area (Å²) in [6, 6.07) is 12.8. The largest absolute Gasteiger partial charge is 0.485 e. The monoisotopic (exact) mass is 270 g/mol. The topological polar surface area (TPSA) is 39.4 Å². The van der Waals surface area contributed by atoms with Crippen LogP contribution < -0.4 is 4.74 Å². The molecule has 0 bridgehead atoms. The molecular formula is C16H11FO3. The minimum absolute atomic E-state index is 0.116. The van der Waals surface area contributed by atoms with E-state index in [-0.39, 0.29) is 18.2 Å². The Kier molecular flexibility index (Phi) is 3.21. The average molecular weight is 270 g/mol. The molecule has 20 heavy (non-hydrogen) atoms. The van der Waals surface area contributed by atoms with Crippen molar-refractivity contribution < 1.29 is 18.3 Å². The predicted molar refractivity (Wildman–Crippen MR) is 72.4 cm³/mol. The summed E-state index contributed by atoms with van der Waals surface area (Å²) in [5.41, 5.74) is 1.15. The van der Waals surface area contributed by atoms with E-state index in [1.54, 1.807) is 6.07 Å². The number of Topliss-reactive ketones (excluding diaryl/α,β-unsaturated/α-hetero) is 1. The van der Waals surface area contributed by atoms with Crippen LogP contribution in [0.3, 0.4) is 0 Å². The van der Waals surface area contributed by atoms with Crippen LogP contribution in [0.5, 0.6) is 5.75 Å². The summed E-state index contributed by atoms with van der Waals surface area (Å²) < 4.78 is 23.4. The van der Waals surface area contributed by atoms with E-state index in [2.05, 4.69) is 0 Å². The second-order valence-electron chi connectivity index (χ2n) is 4.31. The van der Waals surface area contributed by atoms with Crippen molar-refractivity contribution in [3.63, 3.8) is 0 Å². The molecule has 3 aromatic rings. The third-order valence-corrected chi connectivity index (χ3v) is 2.96. The normalized spacial score (nSPS) is 10.7. The number of carbonyl (C=O) groups is 1. The Morgan fingerprint density at radius 1 is 1.10 bits per heavy atom. The van der Waals surface area contributed by atoms with Crippen molar-refractivity contribution in [1.82, 2.24) is 0 Å². The summed E-state index contributed by atoms with van der Waals surface area (Å²) in [5, 5.41) is 0.764. The van der Waals surface area contributed by atoms with E-state index in [1.807, 2.05) is 18.2 Å². The van der Waals surface area contributed by atoms with Gasteiger partial charge >= 0.3 is 0 Å². The number of benzene rings is 2. The average Bonchev–Trinajstić information content (AvgIpc) is 2.90. The van der Waals surface area contributed by atoms with Gasteiger partial charge in [0.25, 0.3) is 0 Å². The molecule has 0 amide bonds. The first-order valence-electron chi connectivity index (χ1n) is 6.12. The zero-order valence-corrected chi connectivity index (χ0v) is 10.5. The number of furan rings is 1. The third kappa shape index (κ3) is 2.40. The van der Waals surface area contributed by atoms with Crippen molar-refractivity contribution in [2.24, 2.45) is 0 Å². The van der Waals surface area contributed by atoms with E-state index in [4.69, 9.17) is 9.15 Å². The van der Waals surface area contributed by atoms with Crippen LogP contribution in [-0.2, 0) is 0 Å². The first-order valence-corrected chi connectivity index (χ1v) is 6.12. The molecule has 0 saturated carbocycles. The molecule has 1 aromatic heterocycles. The molecule has 0 fully saturated rings. The Hall–Kier alpha value is -2.62. The van der Waals surface area contributed by atoms with E-state index in [0.717, 1.165) is 5.39 Å². The maximum Gasteiger partial charge on any atom is 0.204 e. The fraction of sp³-hybridized carbons (Fsp3) is 0.0625. The van der Waals surface area contributed by atoms with Crippen molar-refractivity contribution in [2.45, 2.75) is 0 Å². The van der Waals surface area contributed by atoms with E-state index >= 15 is 0 Å². The summed E-state index contributed by atoms with van der Waals surface area (Å²) in [7, 11) is 0. The van der Waals surface area contributed by atoms with E-state index in [1.165, 1.54) is 30.5 Å². The van der Waals surface area contributed by atoms with Gasteiger partial charge in [0.05, 0.1) is 5.56 Å². The molecule has 3 rings (SSSR count). The van der Waals surface area contributed by atoms with Crippen LogP contribution >= 0.6 is 0 Å². The van der Waals surface area contributed by atoms with Crippen molar-refractivity contribution in [1.29, 1.82) is 0 Å². The molecule has 0 saturated heterocycles. The van der Waals surface area contributed by atoms with E-state index < -0.39 is 0 Å². The molecule has 0 atom stereocenters. The zero-order chi connectivity index (χ0) is 13.9. The van der Waals surface area contributed by atoms with Gasteiger partial charge < -0.3 is 9.15 Å². The predicted octanol–water partition coefficient (Wildman–Crippen LogP) is 3.83. The highest BCUT2D eigenvalue weighted by Crippen LogP contribution is 2.21. The Morgan fingerprint density at radius 3 is 2.65 bits per heavy atom. The molecule has 0 spiro atoms. The molecule has 0 aliphatic carbocycles. The van der Waals surface area contributed by atoms with Crippen molar-refractivity contribution in [3.8, 4) is 5.75 Å². The number of fused-ring (bicyclic) bond motifs is 1. The number of hydrogen-bond acceptors (Lipinski definition) is 3. The molecule has 0 N–H and O–H groups in total. The quantitative estimate of drug-likeness (QED) is 0.676. The van der Waals surface area contributed by atoms with E-state index in [9.17, 15) is 9.18 Å². The van der Waals surface area contributed by atoms with Crippen molar-refractivity contribution >= 4 is 16.8 Å². The summed E-state index contributed by atoms with van der Waals surface area (Å²) in [5.74, 6) is -0.0728. The third-order valence-electron chi connectivity index (χ3n) is 2.96. The number of para-hydroxylation sites is 1. The lowest BCUT2D eigenvalue weighted by Crippen LogP contribution is -2.11. The van der Waals surface area contributed by atoms with Gasteiger partial charge in [-0.05, 0) is 30.3 Å². The first kappa shape index (κ1) is 12.4. The summed E-state index contributed by atoms with van der Waals surface area (Å²) >= 11 is 0. The van der Waals surface area contributed by atoms with Gasteiger partial charge in [0.1, 0.15) is 23.4 Å². The fourth-order valence-corrected chi connectivity index (χ4v) is 1.95. The lowest BCUT2D eigenvalue weighted by molar-refractivity contribution is 0.0922. The highest BCUT2D eigenvalue weighted by atomic mass is 19.1. The molecule has 3 nitrogen and oxygen atoms in total. The fourth-order valence-electron chi connectivity index (χ4n) is 1.95. The molecule has 100 valence electrons. The molecule has 0 aliphatic heterocycles. The minimum Gasteiger partial charge on any atom is -0.485 e. The highest BCUT2D eigenvalue weighted by molar-refractivity contribution is 6.07. The molecule has 0 radical (unpaired) electrons. The number of ether oxygens (including phenoxy) is 1. The molecule has 0 unspecified atom stereocenters. The SMILES string of the molecule is O=C(COc1ccc(F)cc1)c1coc2ccccc12. The summed E-state index contributed by atoms with van der Waals surface area (Å²) in [6.07, 6.45) is 1.43. The number of halogens is 1. The van der Waals surface area contributed by atoms with Gasteiger partial charge in [-0.15, -0.1) is 0 Å². The van der Waals surface area contributed by atoms with Crippen molar-refractivity contribution in [2.75, 3.05) is 6.61 Å². The first-order chi connectivity index (χ1) is 9.74. The summed E-state index contributed by atoms with van der Waals surface area (Å²) in [6.45, 7) is -0.116. The standard InChI is InChI=1S/C16H11FO3/c17-11-5-7-12(8-6-11)19-10-15(18)14-9-20-16-4-2-1-3-13(14)16/h1-9H,10H2. The van der Waals surface area contributed by atoms with Crippen LogP contribution in [0, 0.1) is 5.82 Å². The molecular weight excluding hydrogens is 259 g/mol. The maximum atomic E-state index is 12.7. The molecule has 0 aliphatic rings. The second-order valence-corrected chi connectivity index (χ2v) is 4.31. The van der Waals surface area contributed by atoms with Crippen molar-refractivity contribution in [3.05, 3.63) is 66.2 Å². The minimum atomic E-state index is -0.343. The number of ketones is 1. The maximum absolute atomic E-state index is 12.7. The van der Waals surface area contributed by atoms with Crippen LogP contribution in [0.25, 0.3) is 11.0 Å². The lowest BCUT2D eigenvalue weighted by Gasteiger charge is -2.04. The Morgan fingerprint density at radius 2 is 1.85 bits per heavy atom. The summed E-state index contributed by atoms with van der Waals surface area (Å²) in [4.78, 5) is 12.1. The van der Waals surface area contributed by atoms with Gasteiger partial charge in [0.15, 0.2) is 6.61 Å². The lowest BCUT2D eigenvalue weighted by atomic mass is 10.1. The second kappa shape index (κ2) is 5.17. The van der Waals surface area contributed by atoms with Gasteiger partial charge in [-0.25, -0.2) is 4.39 Å². The highest BCUT2D eigenvalue weighted by Gasteiger charge is 2.13. The number of carbonyl (C=O) groups excluding carboxylic acids is 1. The Balaban J connectivity index is 1.75. The van der Waals surface area contributed by atoms with Crippen LogP contribution in [0.4, 0.5) is 4.39 Å². The van der Waals surface area contributed by atoms with Gasteiger partial charge in [0.2, 0.25) is 5.78 Å². The van der Waals surface area contributed by atoms with Crippen LogP contribution in [0.1, 0.15) is 10.4 Å². The van der Waals surface area contributed by atoms with Crippen LogP contribution in [-0.4, -0.2) is 12.4 Å². The Bertz CT molecular complexity index is 744. The van der Waals surface area contributed by atoms with Gasteiger partial charge in [0, 0.05) is 5.39 Å². The zero-order valence-electron chi connectivity index (χ0n) is 10.5.